The Bertz CT molecular complexity index is 413. The van der Waals surface area contributed by atoms with E-state index in [1.54, 1.807) is 18.3 Å². The molecule has 0 spiro atoms. The fourth-order valence-electron chi connectivity index (χ4n) is 2.25. The number of anilines is 1. The quantitative estimate of drug-likeness (QED) is 0.863. The summed E-state index contributed by atoms with van der Waals surface area (Å²) < 4.78 is 5.35. The molecule has 0 saturated carbocycles. The summed E-state index contributed by atoms with van der Waals surface area (Å²) in [6, 6.07) is 3.58. The average Bonchev–Trinajstić information content (AvgIpc) is 2.91. The maximum atomic E-state index is 12.2. The standard InChI is InChI=1S/C14H21N3O2/c1-2-17(9-11-5-6-19-10-11)14(18)7-13-4-3-12(15)8-16-13/h3-4,8,11H,2,5-7,9-10,15H2,1H3. The zero-order chi connectivity index (χ0) is 13.7. The largest absolute Gasteiger partial charge is 0.397 e. The SMILES string of the molecule is CCN(CC1CCOC1)C(=O)Cc1ccc(N)cn1. The molecule has 1 aromatic heterocycles. The Morgan fingerprint density at radius 1 is 1.58 bits per heavy atom. The molecule has 2 rings (SSSR count). The van der Waals surface area contributed by atoms with Crippen LogP contribution in [0.5, 0.6) is 0 Å². The monoisotopic (exact) mass is 263 g/mol. The number of hydrogen-bond donors (Lipinski definition) is 1. The van der Waals surface area contributed by atoms with E-state index in [0.29, 0.717) is 18.0 Å². The molecule has 5 nitrogen and oxygen atoms in total. The van der Waals surface area contributed by atoms with Crippen LogP contribution < -0.4 is 5.73 Å². The van der Waals surface area contributed by atoms with Crippen LogP contribution >= 0.6 is 0 Å². The predicted molar refractivity (Wildman–Crippen MR) is 73.5 cm³/mol. The number of pyridine rings is 1. The van der Waals surface area contributed by atoms with Crippen molar-refractivity contribution in [3.8, 4) is 0 Å². The highest BCUT2D eigenvalue weighted by molar-refractivity contribution is 5.78. The molecule has 1 aromatic rings. The Labute approximate surface area is 113 Å². The van der Waals surface area contributed by atoms with Crippen LogP contribution in [0.3, 0.4) is 0 Å². The molecule has 1 unspecified atom stereocenters. The molecule has 5 heteroatoms. The Balaban J connectivity index is 1.90. The Morgan fingerprint density at radius 3 is 3.00 bits per heavy atom. The first-order valence-electron chi connectivity index (χ1n) is 6.75. The third-order valence-electron chi connectivity index (χ3n) is 3.42. The summed E-state index contributed by atoms with van der Waals surface area (Å²) in [6.07, 6.45) is 2.97. The highest BCUT2D eigenvalue weighted by Gasteiger charge is 2.21. The van der Waals surface area contributed by atoms with Gasteiger partial charge in [0.05, 0.1) is 24.9 Å². The van der Waals surface area contributed by atoms with Gasteiger partial charge in [0.1, 0.15) is 0 Å². The number of nitrogens with two attached hydrogens (primary N) is 1. The van der Waals surface area contributed by atoms with Crippen LogP contribution in [0, 0.1) is 5.92 Å². The molecule has 19 heavy (non-hydrogen) atoms. The minimum absolute atomic E-state index is 0.117. The third-order valence-corrected chi connectivity index (χ3v) is 3.42. The summed E-state index contributed by atoms with van der Waals surface area (Å²) in [5, 5.41) is 0. The van der Waals surface area contributed by atoms with Crippen molar-refractivity contribution in [3.05, 3.63) is 24.0 Å². The number of amides is 1. The van der Waals surface area contributed by atoms with E-state index in [9.17, 15) is 4.79 Å². The second-order valence-corrected chi connectivity index (χ2v) is 4.92. The van der Waals surface area contributed by atoms with Crippen molar-refractivity contribution in [2.75, 3.05) is 32.0 Å². The molecule has 0 bridgehead atoms. The molecule has 1 atom stereocenters. The van der Waals surface area contributed by atoms with Crippen molar-refractivity contribution in [3.63, 3.8) is 0 Å². The molecule has 1 fully saturated rings. The van der Waals surface area contributed by atoms with Gasteiger partial charge in [-0.25, -0.2) is 0 Å². The fourth-order valence-corrected chi connectivity index (χ4v) is 2.25. The molecule has 1 amide bonds. The molecule has 1 aliphatic heterocycles. The maximum absolute atomic E-state index is 12.2. The molecule has 1 saturated heterocycles. The number of hydrogen-bond acceptors (Lipinski definition) is 4. The van der Waals surface area contributed by atoms with Gasteiger partial charge >= 0.3 is 0 Å². The highest BCUT2D eigenvalue weighted by Crippen LogP contribution is 2.14. The van der Waals surface area contributed by atoms with Crippen LogP contribution in [-0.2, 0) is 16.0 Å². The molecule has 1 aliphatic rings. The molecule has 2 N–H and O–H groups in total. The topological polar surface area (TPSA) is 68.5 Å². The normalized spacial score (nSPS) is 18.5. The highest BCUT2D eigenvalue weighted by atomic mass is 16.5. The molecule has 2 heterocycles. The lowest BCUT2D eigenvalue weighted by atomic mass is 10.1. The molecule has 0 aliphatic carbocycles. The number of carbonyl (C=O) groups is 1. The first-order valence-corrected chi connectivity index (χ1v) is 6.75. The van der Waals surface area contributed by atoms with E-state index < -0.39 is 0 Å². The van der Waals surface area contributed by atoms with Crippen molar-refractivity contribution in [1.82, 2.24) is 9.88 Å². The Hall–Kier alpha value is -1.62. The van der Waals surface area contributed by atoms with Gasteiger partial charge in [0, 0.05) is 31.3 Å². The van der Waals surface area contributed by atoms with Gasteiger partial charge in [0.25, 0.3) is 0 Å². The van der Waals surface area contributed by atoms with E-state index in [0.717, 1.165) is 38.4 Å². The number of rotatable bonds is 5. The van der Waals surface area contributed by atoms with E-state index in [4.69, 9.17) is 10.5 Å². The van der Waals surface area contributed by atoms with E-state index in [2.05, 4.69) is 4.98 Å². The van der Waals surface area contributed by atoms with Gasteiger partial charge in [-0.3, -0.25) is 9.78 Å². The van der Waals surface area contributed by atoms with Crippen LogP contribution in [0.2, 0.25) is 0 Å². The van der Waals surface area contributed by atoms with E-state index in [1.165, 1.54) is 0 Å². The number of carbonyl (C=O) groups excluding carboxylic acids is 1. The lowest BCUT2D eigenvalue weighted by molar-refractivity contribution is -0.131. The minimum Gasteiger partial charge on any atom is -0.397 e. The smallest absolute Gasteiger partial charge is 0.228 e. The van der Waals surface area contributed by atoms with Crippen LogP contribution in [0.25, 0.3) is 0 Å². The number of nitrogen functional groups attached to an aromatic ring is 1. The maximum Gasteiger partial charge on any atom is 0.228 e. The van der Waals surface area contributed by atoms with Crippen molar-refractivity contribution < 1.29 is 9.53 Å². The second kappa shape index (κ2) is 6.52. The van der Waals surface area contributed by atoms with Gasteiger partial charge in [0.15, 0.2) is 0 Å². The average molecular weight is 263 g/mol. The third kappa shape index (κ3) is 3.92. The Morgan fingerprint density at radius 2 is 2.42 bits per heavy atom. The fraction of sp³-hybridized carbons (Fsp3) is 0.571. The zero-order valence-corrected chi connectivity index (χ0v) is 11.3. The number of aromatic nitrogens is 1. The molecule has 104 valence electrons. The van der Waals surface area contributed by atoms with Crippen molar-refractivity contribution in [1.29, 1.82) is 0 Å². The molecule has 0 aromatic carbocycles. The van der Waals surface area contributed by atoms with Crippen LogP contribution in [0.15, 0.2) is 18.3 Å². The van der Waals surface area contributed by atoms with Crippen molar-refractivity contribution in [2.45, 2.75) is 19.8 Å². The first-order chi connectivity index (χ1) is 9.19. The Kier molecular flexibility index (Phi) is 4.74. The van der Waals surface area contributed by atoms with Crippen molar-refractivity contribution >= 4 is 11.6 Å². The van der Waals surface area contributed by atoms with E-state index in [1.807, 2.05) is 11.8 Å². The summed E-state index contributed by atoms with van der Waals surface area (Å²) in [4.78, 5) is 18.3. The molecular weight excluding hydrogens is 242 g/mol. The predicted octanol–water partition coefficient (Wildman–Crippen LogP) is 1.09. The molecule has 0 radical (unpaired) electrons. The summed E-state index contributed by atoms with van der Waals surface area (Å²) in [7, 11) is 0. The summed E-state index contributed by atoms with van der Waals surface area (Å²) in [5.74, 6) is 0.593. The van der Waals surface area contributed by atoms with E-state index >= 15 is 0 Å². The number of likely N-dealkylation sites (N-methyl/N-ethyl adjacent to an activating group) is 1. The van der Waals surface area contributed by atoms with Gasteiger partial charge in [-0.2, -0.15) is 0 Å². The lowest BCUT2D eigenvalue weighted by Gasteiger charge is -2.23. The van der Waals surface area contributed by atoms with Gasteiger partial charge in [0.2, 0.25) is 5.91 Å². The lowest BCUT2D eigenvalue weighted by Crippen LogP contribution is -2.36. The molecular formula is C14H21N3O2. The zero-order valence-electron chi connectivity index (χ0n) is 11.3. The van der Waals surface area contributed by atoms with Gasteiger partial charge in [-0.05, 0) is 25.5 Å². The van der Waals surface area contributed by atoms with E-state index in [-0.39, 0.29) is 5.91 Å². The minimum atomic E-state index is 0.117. The van der Waals surface area contributed by atoms with Crippen LogP contribution in [-0.4, -0.2) is 42.1 Å². The summed E-state index contributed by atoms with van der Waals surface area (Å²) >= 11 is 0. The van der Waals surface area contributed by atoms with Gasteiger partial charge in [-0.15, -0.1) is 0 Å². The van der Waals surface area contributed by atoms with Gasteiger partial charge in [-0.1, -0.05) is 0 Å². The number of ether oxygens (including phenoxy) is 1. The van der Waals surface area contributed by atoms with Crippen molar-refractivity contribution in [2.24, 2.45) is 5.92 Å². The van der Waals surface area contributed by atoms with Crippen LogP contribution in [0.4, 0.5) is 5.69 Å². The summed E-state index contributed by atoms with van der Waals surface area (Å²) in [6.45, 7) is 5.10. The summed E-state index contributed by atoms with van der Waals surface area (Å²) in [5.41, 5.74) is 6.96. The van der Waals surface area contributed by atoms with Gasteiger partial charge < -0.3 is 15.4 Å². The number of nitrogens with zero attached hydrogens (tertiary/aromatic N) is 2. The second-order valence-electron chi connectivity index (χ2n) is 4.92. The van der Waals surface area contributed by atoms with Crippen LogP contribution in [0.1, 0.15) is 19.0 Å². The first kappa shape index (κ1) is 13.8.